The van der Waals surface area contributed by atoms with E-state index < -0.39 is 0 Å². The fourth-order valence-corrected chi connectivity index (χ4v) is 10.5. The van der Waals surface area contributed by atoms with Gasteiger partial charge in [0.05, 0.1) is 29.7 Å². The van der Waals surface area contributed by atoms with Crippen molar-refractivity contribution in [2.24, 2.45) is 0 Å². The average Bonchev–Trinajstić information content (AvgIpc) is 4.14. The number of amides is 2. The number of nitrogens with zero attached hydrogens (tertiary/aromatic N) is 6. The van der Waals surface area contributed by atoms with Crippen LogP contribution in [0.5, 0.6) is 0 Å². The Labute approximate surface area is 372 Å². The van der Waals surface area contributed by atoms with Gasteiger partial charge in [-0.25, -0.2) is 9.97 Å². The molecule has 2 aliphatic heterocycles. The Balaban J connectivity index is 0.910. The van der Waals surface area contributed by atoms with Crippen molar-refractivity contribution < 1.29 is 9.59 Å². The number of likely N-dealkylation sites (N-methyl/N-ethyl adjacent to an activating group) is 2. The number of aryl methyl sites for hydroxylation is 2. The first-order valence-corrected chi connectivity index (χ1v) is 23.5. The van der Waals surface area contributed by atoms with Crippen molar-refractivity contribution in [3.05, 3.63) is 143 Å². The topological polar surface area (TPSA) is 104 Å². The standard InChI is InChI=1S/C53H62N8O2/c1-5-58(6-2)48(38-18-11-9-12-19-38)52(62)60-32-16-15-22-46(60)51-55-43-31-29-41-34-40(28-30-42(41)47(43)57-51)36-24-26-37(27-25-36)44-35-54-50(56-44)45-23-17-33-61(45)53(63)49(59(7-3)8-4)39-20-13-10-14-21-39/h9-14,18-21,24-28,30,34-35,45-46,48-49H,5-8,15-17,22-23,29,31-33H2,1-4H3,(H,54,56)(H,55,57)/t45-,46-,48+,49+/m0/s1. The van der Waals surface area contributed by atoms with Crippen molar-refractivity contribution in [1.29, 1.82) is 0 Å². The lowest BCUT2D eigenvalue weighted by molar-refractivity contribution is -0.141. The van der Waals surface area contributed by atoms with Crippen LogP contribution in [0.3, 0.4) is 0 Å². The molecule has 4 aromatic carbocycles. The number of H-pyrrole nitrogens is 2. The SMILES string of the molecule is CCN(CC)[C@@H](C(=O)N1CCC[C@H]1c1ncc(-c2ccc(-c3ccc4c(c3)CCc3[nH]c([C@@H]5CCCCN5C(=O)[C@@H](c5ccccc5)N(CC)CC)nc3-4)cc2)[nH]1)c1ccccc1. The minimum atomic E-state index is -0.313. The highest BCUT2D eigenvalue weighted by molar-refractivity contribution is 5.85. The number of aromatic nitrogens is 4. The quantitative estimate of drug-likeness (QED) is 0.113. The number of benzene rings is 4. The van der Waals surface area contributed by atoms with Crippen LogP contribution in [0.15, 0.2) is 109 Å². The molecule has 63 heavy (non-hydrogen) atoms. The van der Waals surface area contributed by atoms with Gasteiger partial charge in [-0.15, -0.1) is 0 Å². The molecule has 9 rings (SSSR count). The van der Waals surface area contributed by atoms with E-state index in [0.717, 1.165) is 130 Å². The Bertz CT molecular complexity index is 2490. The van der Waals surface area contributed by atoms with Crippen molar-refractivity contribution in [3.63, 3.8) is 0 Å². The predicted molar refractivity (Wildman–Crippen MR) is 251 cm³/mol. The summed E-state index contributed by atoms with van der Waals surface area (Å²) in [5.74, 6) is 2.08. The van der Waals surface area contributed by atoms with E-state index in [-0.39, 0.29) is 36.0 Å². The van der Waals surface area contributed by atoms with E-state index in [4.69, 9.17) is 9.97 Å². The van der Waals surface area contributed by atoms with Gasteiger partial charge in [-0.05, 0) is 105 Å². The normalized spacial score (nSPS) is 18.4. The number of aromatic amines is 2. The minimum absolute atomic E-state index is 0.0741. The fraction of sp³-hybridized carbons (Fsp3) is 0.396. The molecule has 4 atom stereocenters. The first kappa shape index (κ1) is 42.5. The maximum atomic E-state index is 14.6. The van der Waals surface area contributed by atoms with E-state index in [0.29, 0.717) is 0 Å². The van der Waals surface area contributed by atoms with Crippen LogP contribution in [0.4, 0.5) is 0 Å². The third-order valence-corrected chi connectivity index (χ3v) is 13.9. The van der Waals surface area contributed by atoms with Crippen LogP contribution in [0.2, 0.25) is 0 Å². The van der Waals surface area contributed by atoms with Gasteiger partial charge in [-0.3, -0.25) is 19.4 Å². The third-order valence-electron chi connectivity index (χ3n) is 13.9. The number of carbonyl (C=O) groups is 2. The van der Waals surface area contributed by atoms with E-state index in [1.54, 1.807) is 0 Å². The molecule has 1 aliphatic carbocycles. The largest absolute Gasteiger partial charge is 0.344 e. The Hall–Kier alpha value is -5.84. The monoisotopic (exact) mass is 842 g/mol. The molecule has 2 amide bonds. The summed E-state index contributed by atoms with van der Waals surface area (Å²) in [4.78, 5) is 55.1. The molecular weight excluding hydrogens is 781 g/mol. The molecule has 10 nitrogen and oxygen atoms in total. The lowest BCUT2D eigenvalue weighted by Crippen LogP contribution is -2.46. The Morgan fingerprint density at radius 1 is 0.635 bits per heavy atom. The molecule has 4 heterocycles. The molecule has 0 spiro atoms. The maximum Gasteiger partial charge on any atom is 0.245 e. The number of nitrogens with one attached hydrogen (secondary N) is 2. The number of hydrogen-bond donors (Lipinski definition) is 2. The van der Waals surface area contributed by atoms with Gasteiger partial charge in [0.1, 0.15) is 23.7 Å². The summed E-state index contributed by atoms with van der Waals surface area (Å²) in [5.41, 5.74) is 11.1. The summed E-state index contributed by atoms with van der Waals surface area (Å²) < 4.78 is 0. The van der Waals surface area contributed by atoms with E-state index in [2.05, 4.69) is 119 Å². The molecule has 3 aliphatic rings. The van der Waals surface area contributed by atoms with E-state index in [1.807, 2.05) is 47.5 Å². The summed E-state index contributed by atoms with van der Waals surface area (Å²) in [6, 6.07) is 35.1. The summed E-state index contributed by atoms with van der Waals surface area (Å²) in [7, 11) is 0. The lowest BCUT2D eigenvalue weighted by atomic mass is 9.89. The second kappa shape index (κ2) is 18.9. The molecule has 0 unspecified atom stereocenters. The molecule has 6 aromatic rings. The van der Waals surface area contributed by atoms with Crippen LogP contribution in [-0.4, -0.2) is 90.6 Å². The van der Waals surface area contributed by atoms with Crippen LogP contribution in [0.1, 0.15) is 118 Å². The first-order valence-electron chi connectivity index (χ1n) is 23.5. The molecule has 0 saturated carbocycles. The van der Waals surface area contributed by atoms with Gasteiger partial charge in [0.25, 0.3) is 0 Å². The van der Waals surface area contributed by atoms with Crippen LogP contribution >= 0.6 is 0 Å². The summed E-state index contributed by atoms with van der Waals surface area (Å²) in [6.45, 7) is 13.2. The zero-order valence-corrected chi connectivity index (χ0v) is 37.4. The highest BCUT2D eigenvalue weighted by atomic mass is 16.2. The van der Waals surface area contributed by atoms with Gasteiger partial charge in [0.15, 0.2) is 0 Å². The molecule has 0 radical (unpaired) electrons. The van der Waals surface area contributed by atoms with Gasteiger partial charge >= 0.3 is 0 Å². The van der Waals surface area contributed by atoms with E-state index >= 15 is 0 Å². The summed E-state index contributed by atoms with van der Waals surface area (Å²) in [5, 5.41) is 0. The second-order valence-electron chi connectivity index (χ2n) is 17.4. The highest BCUT2D eigenvalue weighted by Crippen LogP contribution is 2.40. The molecule has 2 aromatic heterocycles. The van der Waals surface area contributed by atoms with E-state index in [1.165, 1.54) is 22.4 Å². The predicted octanol–water partition coefficient (Wildman–Crippen LogP) is 10.1. The van der Waals surface area contributed by atoms with Gasteiger partial charge in [-0.1, -0.05) is 131 Å². The Morgan fingerprint density at radius 2 is 1.19 bits per heavy atom. The van der Waals surface area contributed by atoms with Gasteiger partial charge in [0.2, 0.25) is 11.8 Å². The number of hydrogen-bond acceptors (Lipinski definition) is 6. The molecule has 326 valence electrons. The van der Waals surface area contributed by atoms with Crippen LogP contribution in [0.25, 0.3) is 33.6 Å². The van der Waals surface area contributed by atoms with Crippen molar-refractivity contribution in [2.45, 2.75) is 96.8 Å². The average molecular weight is 843 g/mol. The molecule has 2 N–H and O–H groups in total. The van der Waals surface area contributed by atoms with Crippen molar-refractivity contribution >= 4 is 11.8 Å². The van der Waals surface area contributed by atoms with Crippen LogP contribution in [-0.2, 0) is 22.4 Å². The molecule has 2 fully saturated rings. The number of piperidine rings is 1. The number of imidazole rings is 2. The zero-order chi connectivity index (χ0) is 43.5. The Kier molecular flexibility index (Phi) is 12.7. The molecule has 10 heteroatoms. The lowest BCUT2D eigenvalue weighted by Gasteiger charge is -2.39. The summed E-state index contributed by atoms with van der Waals surface area (Å²) in [6.07, 6.45) is 8.57. The van der Waals surface area contributed by atoms with Crippen molar-refractivity contribution in [1.82, 2.24) is 39.5 Å². The minimum Gasteiger partial charge on any atom is -0.344 e. The first-order chi connectivity index (χ1) is 30.9. The van der Waals surface area contributed by atoms with Crippen LogP contribution in [0, 0.1) is 0 Å². The van der Waals surface area contributed by atoms with Gasteiger partial charge < -0.3 is 19.8 Å². The second-order valence-corrected chi connectivity index (χ2v) is 17.4. The fourth-order valence-electron chi connectivity index (χ4n) is 10.5. The third kappa shape index (κ3) is 8.39. The van der Waals surface area contributed by atoms with E-state index in [9.17, 15) is 9.59 Å². The molecule has 0 bridgehead atoms. The number of rotatable bonds is 14. The number of fused-ring (bicyclic) bond motifs is 3. The van der Waals surface area contributed by atoms with Crippen molar-refractivity contribution in [2.75, 3.05) is 39.3 Å². The molecule has 2 saturated heterocycles. The van der Waals surface area contributed by atoms with Gasteiger partial charge in [0, 0.05) is 24.3 Å². The number of carbonyl (C=O) groups excluding carboxylic acids is 2. The van der Waals surface area contributed by atoms with Crippen LogP contribution < -0.4 is 0 Å². The zero-order valence-electron chi connectivity index (χ0n) is 37.4. The van der Waals surface area contributed by atoms with Gasteiger partial charge in [-0.2, -0.15) is 0 Å². The number of likely N-dealkylation sites (tertiary alicyclic amines) is 2. The molecular formula is C53H62N8O2. The highest BCUT2D eigenvalue weighted by Gasteiger charge is 2.39. The smallest absolute Gasteiger partial charge is 0.245 e. The van der Waals surface area contributed by atoms with Crippen molar-refractivity contribution in [3.8, 4) is 33.6 Å². The summed E-state index contributed by atoms with van der Waals surface area (Å²) >= 11 is 0. The Morgan fingerprint density at radius 3 is 1.81 bits per heavy atom. The maximum absolute atomic E-state index is 14.6.